The van der Waals surface area contributed by atoms with Crippen LogP contribution in [0.15, 0.2) is 0 Å². The van der Waals surface area contributed by atoms with Gasteiger partial charge in [-0.2, -0.15) is 0 Å². The summed E-state index contributed by atoms with van der Waals surface area (Å²) in [5.74, 6) is 0. The highest BCUT2D eigenvalue weighted by atomic mass is 32.5. The molecule has 0 aromatic carbocycles. The number of fused-ring (bicyclic) bond motifs is 2. The summed E-state index contributed by atoms with van der Waals surface area (Å²) in [4.78, 5) is 20.5. The molecule has 3 saturated heterocycles. The standard InChI is InChI=1S/C11H20O8P2S2/c1-7-4-9-11(17-7)6-16-20(12,22)18-8-2-3-14-10(8)5-15-21(13,23)19-9/h7-11H,2-6H2,1H3,(H,12,22)(H,13,23)/t7-,8-,9-,10+,11+,20?,21?/m0/s1. The Kier molecular flexibility index (Phi) is 5.96. The molecule has 0 bridgehead atoms. The van der Waals surface area contributed by atoms with Crippen LogP contribution in [0.1, 0.15) is 19.8 Å². The lowest BCUT2D eigenvalue weighted by Crippen LogP contribution is -2.32. The molecule has 0 aromatic heterocycles. The largest absolute Gasteiger partial charge is 0.373 e. The quantitative estimate of drug-likeness (QED) is 0.572. The Morgan fingerprint density at radius 2 is 1.52 bits per heavy atom. The highest BCUT2D eigenvalue weighted by Gasteiger charge is 2.41. The molecule has 0 aliphatic carbocycles. The van der Waals surface area contributed by atoms with Gasteiger partial charge in [0.2, 0.25) is 0 Å². The van der Waals surface area contributed by atoms with Crippen LogP contribution in [0.4, 0.5) is 0 Å². The van der Waals surface area contributed by atoms with Gasteiger partial charge in [0.05, 0.1) is 31.5 Å². The highest BCUT2D eigenvalue weighted by molar-refractivity contribution is 8.07. The molecule has 3 aliphatic heterocycles. The monoisotopic (exact) mass is 406 g/mol. The van der Waals surface area contributed by atoms with Crippen molar-refractivity contribution in [1.82, 2.24) is 0 Å². The molecule has 134 valence electrons. The fraction of sp³-hybridized carbons (Fsp3) is 1.00. The summed E-state index contributed by atoms with van der Waals surface area (Å²) in [5.41, 5.74) is 0. The van der Waals surface area contributed by atoms with E-state index in [4.69, 9.17) is 51.2 Å². The maximum atomic E-state index is 10.2. The first kappa shape index (κ1) is 18.8. The Labute approximate surface area is 144 Å². The van der Waals surface area contributed by atoms with Crippen molar-refractivity contribution in [3.63, 3.8) is 0 Å². The predicted molar refractivity (Wildman–Crippen MR) is 88.0 cm³/mol. The van der Waals surface area contributed by atoms with Gasteiger partial charge in [0.25, 0.3) is 0 Å². The Balaban J connectivity index is 1.78. The normalized spacial score (nSPS) is 52.2. The van der Waals surface area contributed by atoms with Gasteiger partial charge in [0.1, 0.15) is 12.2 Å². The molecule has 2 unspecified atom stereocenters. The van der Waals surface area contributed by atoms with E-state index in [-0.39, 0.29) is 19.3 Å². The van der Waals surface area contributed by atoms with Gasteiger partial charge in [-0.25, -0.2) is 0 Å². The zero-order chi connectivity index (χ0) is 16.7. The van der Waals surface area contributed by atoms with Crippen molar-refractivity contribution in [2.45, 2.75) is 50.3 Å². The van der Waals surface area contributed by atoms with E-state index in [0.717, 1.165) is 0 Å². The van der Waals surface area contributed by atoms with Crippen LogP contribution in [0.25, 0.3) is 0 Å². The summed E-state index contributed by atoms with van der Waals surface area (Å²) in [5, 5.41) is 0. The fourth-order valence-electron chi connectivity index (χ4n) is 2.82. The van der Waals surface area contributed by atoms with Gasteiger partial charge in [-0.1, -0.05) is 0 Å². The SMILES string of the molecule is C[C@H]1C[C@@H]2OP(O)(=S)OC[C@H]3OCC[C@@H]3OP(O)(=S)OC[C@H]2O1. The lowest BCUT2D eigenvalue weighted by Gasteiger charge is -2.29. The Morgan fingerprint density at radius 1 is 0.913 bits per heavy atom. The van der Waals surface area contributed by atoms with Gasteiger partial charge >= 0.3 is 13.4 Å². The minimum atomic E-state index is -3.43. The van der Waals surface area contributed by atoms with E-state index >= 15 is 0 Å². The third-order valence-electron chi connectivity index (χ3n) is 3.88. The second-order valence-corrected chi connectivity index (χ2v) is 11.3. The van der Waals surface area contributed by atoms with Crippen molar-refractivity contribution in [3.05, 3.63) is 0 Å². The van der Waals surface area contributed by atoms with E-state index in [0.29, 0.717) is 19.4 Å². The average Bonchev–Trinajstić information content (AvgIpc) is 2.99. The van der Waals surface area contributed by atoms with Gasteiger partial charge in [-0.05, 0) is 30.5 Å². The maximum absolute atomic E-state index is 10.2. The molecule has 0 saturated carbocycles. The molecular weight excluding hydrogens is 386 g/mol. The van der Waals surface area contributed by atoms with Crippen molar-refractivity contribution < 1.29 is 37.4 Å². The van der Waals surface area contributed by atoms with E-state index in [1.165, 1.54) is 0 Å². The molecule has 0 radical (unpaired) electrons. The molecule has 3 heterocycles. The zero-order valence-electron chi connectivity index (χ0n) is 12.5. The van der Waals surface area contributed by atoms with E-state index < -0.39 is 37.9 Å². The van der Waals surface area contributed by atoms with Crippen molar-refractivity contribution in [2.75, 3.05) is 19.8 Å². The average molecular weight is 406 g/mol. The predicted octanol–water partition coefficient (Wildman–Crippen LogP) is 1.20. The van der Waals surface area contributed by atoms with E-state index in [2.05, 4.69) is 0 Å². The second kappa shape index (κ2) is 7.31. The number of rotatable bonds is 0. The Morgan fingerprint density at radius 3 is 2.22 bits per heavy atom. The van der Waals surface area contributed by atoms with Crippen molar-refractivity contribution in [2.24, 2.45) is 0 Å². The molecule has 3 aliphatic rings. The number of hydrogen-bond acceptors (Lipinski definition) is 8. The van der Waals surface area contributed by atoms with Crippen molar-refractivity contribution >= 4 is 37.1 Å². The molecule has 7 atom stereocenters. The van der Waals surface area contributed by atoms with E-state index in [1.807, 2.05) is 6.92 Å². The molecule has 0 aromatic rings. The summed E-state index contributed by atoms with van der Waals surface area (Å²) in [6.45, 7) is -4.55. The molecule has 23 heavy (non-hydrogen) atoms. The summed E-state index contributed by atoms with van der Waals surface area (Å²) in [6.07, 6.45) is -0.959. The molecule has 2 N–H and O–H groups in total. The first-order valence-corrected chi connectivity index (χ1v) is 12.5. The lowest BCUT2D eigenvalue weighted by atomic mass is 10.1. The van der Waals surface area contributed by atoms with Crippen LogP contribution in [0.5, 0.6) is 0 Å². The molecule has 8 nitrogen and oxygen atoms in total. The molecule has 0 amide bonds. The van der Waals surface area contributed by atoms with Crippen LogP contribution in [0.2, 0.25) is 0 Å². The molecule has 3 fully saturated rings. The van der Waals surface area contributed by atoms with Crippen molar-refractivity contribution in [3.8, 4) is 0 Å². The van der Waals surface area contributed by atoms with Crippen LogP contribution in [-0.4, -0.2) is 60.1 Å². The molecule has 0 spiro atoms. The zero-order valence-corrected chi connectivity index (χ0v) is 15.9. The van der Waals surface area contributed by atoms with Crippen LogP contribution in [-0.2, 0) is 51.2 Å². The Bertz CT molecular complexity index is 534. The summed E-state index contributed by atoms with van der Waals surface area (Å²) >= 11 is 10.1. The number of ether oxygens (including phenoxy) is 2. The third kappa shape index (κ3) is 5.00. The molecular formula is C11H20O8P2S2. The molecule has 12 heteroatoms. The first-order valence-electron chi connectivity index (χ1n) is 7.33. The van der Waals surface area contributed by atoms with Gasteiger partial charge < -0.3 is 37.4 Å². The highest BCUT2D eigenvalue weighted by Crippen LogP contribution is 2.51. The summed E-state index contributed by atoms with van der Waals surface area (Å²) in [6, 6.07) is 0. The van der Waals surface area contributed by atoms with Gasteiger partial charge in [-0.15, -0.1) is 0 Å². The minimum absolute atomic E-state index is 0.00156. The fourth-order valence-corrected chi connectivity index (χ4v) is 5.79. The van der Waals surface area contributed by atoms with Crippen molar-refractivity contribution in [1.29, 1.82) is 0 Å². The van der Waals surface area contributed by atoms with Gasteiger partial charge in [0.15, 0.2) is 0 Å². The van der Waals surface area contributed by atoms with E-state index in [9.17, 15) is 9.79 Å². The number of hydrogen-bond donors (Lipinski definition) is 2. The van der Waals surface area contributed by atoms with Crippen LogP contribution < -0.4 is 0 Å². The minimum Gasteiger partial charge on any atom is -0.373 e. The molecule has 3 rings (SSSR count). The third-order valence-corrected chi connectivity index (χ3v) is 7.05. The first-order chi connectivity index (χ1) is 10.7. The maximum Gasteiger partial charge on any atom is 0.324 e. The Hall–Kier alpha value is 0.980. The topological polar surface area (TPSA) is 95.8 Å². The summed E-state index contributed by atoms with van der Waals surface area (Å²) < 4.78 is 33.1. The summed E-state index contributed by atoms with van der Waals surface area (Å²) in [7, 11) is 0. The smallest absolute Gasteiger partial charge is 0.324 e. The van der Waals surface area contributed by atoms with E-state index in [1.54, 1.807) is 0 Å². The van der Waals surface area contributed by atoms with Gasteiger partial charge in [-0.3, -0.25) is 0 Å². The van der Waals surface area contributed by atoms with Crippen LogP contribution in [0.3, 0.4) is 0 Å². The second-order valence-electron chi connectivity index (χ2n) is 5.74. The lowest BCUT2D eigenvalue weighted by molar-refractivity contribution is -0.0316. The van der Waals surface area contributed by atoms with Gasteiger partial charge in [0, 0.05) is 19.4 Å². The van der Waals surface area contributed by atoms with Crippen LogP contribution >= 0.6 is 13.4 Å². The van der Waals surface area contributed by atoms with Crippen LogP contribution in [0, 0.1) is 0 Å².